The molecule has 2 amide bonds. The SMILES string of the molecule is COc1ccc(C(=O)N2CCN(C(=O)c3ccccc3OC)CC2)cc1C#Cc1ccccn1. The summed E-state index contributed by atoms with van der Waals surface area (Å²) in [4.78, 5) is 33.8. The van der Waals surface area contributed by atoms with Gasteiger partial charge in [0.1, 0.15) is 17.2 Å². The zero-order valence-electron chi connectivity index (χ0n) is 19.2. The van der Waals surface area contributed by atoms with Crippen molar-refractivity contribution in [1.29, 1.82) is 0 Å². The molecule has 4 rings (SSSR count). The number of hydrogen-bond acceptors (Lipinski definition) is 5. The Bertz CT molecular complexity index is 1240. The molecule has 1 saturated heterocycles. The number of carbonyl (C=O) groups excluding carboxylic acids is 2. The number of para-hydroxylation sites is 1. The van der Waals surface area contributed by atoms with Crippen molar-refractivity contribution in [3.8, 4) is 23.3 Å². The minimum Gasteiger partial charge on any atom is -0.496 e. The van der Waals surface area contributed by atoms with Gasteiger partial charge in [0, 0.05) is 37.9 Å². The Hall–Kier alpha value is -4.31. The molecule has 0 N–H and O–H groups in total. The van der Waals surface area contributed by atoms with Crippen LogP contribution in [-0.4, -0.2) is 67.0 Å². The third kappa shape index (κ3) is 5.02. The summed E-state index contributed by atoms with van der Waals surface area (Å²) in [7, 11) is 3.12. The van der Waals surface area contributed by atoms with Gasteiger partial charge in [-0.2, -0.15) is 0 Å². The Morgan fingerprint density at radius 3 is 2.15 bits per heavy atom. The Balaban J connectivity index is 1.46. The van der Waals surface area contributed by atoms with Gasteiger partial charge in [-0.3, -0.25) is 9.59 Å². The van der Waals surface area contributed by atoms with Gasteiger partial charge < -0.3 is 19.3 Å². The number of ether oxygens (including phenoxy) is 2. The summed E-state index contributed by atoms with van der Waals surface area (Å²) in [5, 5.41) is 0. The first-order chi connectivity index (χ1) is 16.6. The lowest BCUT2D eigenvalue weighted by Gasteiger charge is -2.35. The predicted octanol–water partition coefficient (Wildman–Crippen LogP) is 3.10. The van der Waals surface area contributed by atoms with Crippen LogP contribution in [0.5, 0.6) is 11.5 Å². The zero-order valence-corrected chi connectivity index (χ0v) is 19.2. The van der Waals surface area contributed by atoms with E-state index in [9.17, 15) is 9.59 Å². The van der Waals surface area contributed by atoms with Gasteiger partial charge in [0.15, 0.2) is 0 Å². The van der Waals surface area contributed by atoms with E-state index in [2.05, 4.69) is 16.8 Å². The predicted molar refractivity (Wildman–Crippen MR) is 128 cm³/mol. The van der Waals surface area contributed by atoms with Crippen molar-refractivity contribution in [3.05, 3.63) is 89.2 Å². The summed E-state index contributed by atoms with van der Waals surface area (Å²) < 4.78 is 10.7. The van der Waals surface area contributed by atoms with Gasteiger partial charge in [-0.25, -0.2) is 4.98 Å². The normalized spacial score (nSPS) is 13.0. The van der Waals surface area contributed by atoms with E-state index in [4.69, 9.17) is 9.47 Å². The molecule has 2 heterocycles. The molecule has 0 radical (unpaired) electrons. The van der Waals surface area contributed by atoms with E-state index in [1.165, 1.54) is 0 Å². The average molecular weight is 456 g/mol. The monoisotopic (exact) mass is 455 g/mol. The first kappa shape index (κ1) is 22.9. The van der Waals surface area contributed by atoms with Gasteiger partial charge in [0.2, 0.25) is 0 Å². The standard InChI is InChI=1S/C27H25N3O4/c1-33-24-13-11-21(19-20(24)10-12-22-7-5-6-14-28-22)26(31)29-15-17-30(18-16-29)27(32)23-8-3-4-9-25(23)34-2/h3-9,11,13-14,19H,15-18H2,1-2H3. The van der Waals surface area contributed by atoms with E-state index >= 15 is 0 Å². The molecule has 1 aromatic heterocycles. The highest BCUT2D eigenvalue weighted by atomic mass is 16.5. The molecular formula is C27H25N3O4. The summed E-state index contributed by atoms with van der Waals surface area (Å²) in [6.07, 6.45) is 1.68. The number of nitrogens with zero attached hydrogens (tertiary/aromatic N) is 3. The molecule has 2 aromatic carbocycles. The van der Waals surface area contributed by atoms with Crippen molar-refractivity contribution in [2.45, 2.75) is 0 Å². The van der Waals surface area contributed by atoms with Crippen LogP contribution in [0.4, 0.5) is 0 Å². The second-order valence-corrected chi connectivity index (χ2v) is 7.66. The largest absolute Gasteiger partial charge is 0.496 e. The number of methoxy groups -OCH3 is 2. The first-order valence-corrected chi connectivity index (χ1v) is 10.9. The van der Waals surface area contributed by atoms with Crippen LogP contribution in [0, 0.1) is 11.8 Å². The molecular weight excluding hydrogens is 430 g/mol. The van der Waals surface area contributed by atoms with Crippen LogP contribution < -0.4 is 9.47 Å². The second-order valence-electron chi connectivity index (χ2n) is 7.66. The summed E-state index contributed by atoms with van der Waals surface area (Å²) in [6, 6.07) is 17.9. The fourth-order valence-corrected chi connectivity index (χ4v) is 3.79. The number of hydrogen-bond donors (Lipinski definition) is 0. The Labute approximate surface area is 198 Å². The third-order valence-corrected chi connectivity index (χ3v) is 5.63. The van der Waals surface area contributed by atoms with Crippen molar-refractivity contribution < 1.29 is 19.1 Å². The summed E-state index contributed by atoms with van der Waals surface area (Å²) >= 11 is 0. The molecule has 7 nitrogen and oxygen atoms in total. The second kappa shape index (κ2) is 10.5. The van der Waals surface area contributed by atoms with E-state index in [0.717, 1.165) is 0 Å². The maximum atomic E-state index is 13.2. The number of rotatable bonds is 4. The molecule has 0 atom stereocenters. The van der Waals surface area contributed by atoms with Gasteiger partial charge in [0.05, 0.1) is 25.3 Å². The molecule has 172 valence electrons. The van der Waals surface area contributed by atoms with Crippen LogP contribution in [0.3, 0.4) is 0 Å². The van der Waals surface area contributed by atoms with Crippen LogP contribution in [0.25, 0.3) is 0 Å². The Morgan fingerprint density at radius 1 is 0.794 bits per heavy atom. The van der Waals surface area contributed by atoms with Crippen molar-refractivity contribution in [2.75, 3.05) is 40.4 Å². The third-order valence-electron chi connectivity index (χ3n) is 5.63. The van der Waals surface area contributed by atoms with E-state index in [0.29, 0.717) is 60.1 Å². The van der Waals surface area contributed by atoms with E-state index in [-0.39, 0.29) is 11.8 Å². The highest BCUT2D eigenvalue weighted by molar-refractivity contribution is 5.98. The van der Waals surface area contributed by atoms with Crippen molar-refractivity contribution in [1.82, 2.24) is 14.8 Å². The molecule has 0 aliphatic carbocycles. The van der Waals surface area contributed by atoms with E-state index < -0.39 is 0 Å². The van der Waals surface area contributed by atoms with Gasteiger partial charge in [-0.05, 0) is 48.4 Å². The molecule has 0 unspecified atom stereocenters. The minimum absolute atomic E-state index is 0.0962. The lowest BCUT2D eigenvalue weighted by atomic mass is 10.1. The van der Waals surface area contributed by atoms with Crippen LogP contribution in [0.1, 0.15) is 32.0 Å². The molecule has 1 fully saturated rings. The Kier molecular flexibility index (Phi) is 7.09. The molecule has 1 aliphatic rings. The lowest BCUT2D eigenvalue weighted by Crippen LogP contribution is -2.50. The molecule has 34 heavy (non-hydrogen) atoms. The molecule has 0 saturated carbocycles. The molecule has 1 aliphatic heterocycles. The van der Waals surface area contributed by atoms with E-state index in [1.54, 1.807) is 60.5 Å². The highest BCUT2D eigenvalue weighted by Gasteiger charge is 2.27. The fraction of sp³-hybridized carbons (Fsp3) is 0.222. The van der Waals surface area contributed by atoms with Crippen LogP contribution in [0.2, 0.25) is 0 Å². The van der Waals surface area contributed by atoms with Gasteiger partial charge in [-0.15, -0.1) is 0 Å². The maximum Gasteiger partial charge on any atom is 0.257 e. The number of pyridine rings is 1. The number of aromatic nitrogens is 1. The fourth-order valence-electron chi connectivity index (χ4n) is 3.79. The first-order valence-electron chi connectivity index (χ1n) is 10.9. The summed E-state index contributed by atoms with van der Waals surface area (Å²) in [5.41, 5.74) is 2.30. The van der Waals surface area contributed by atoms with Gasteiger partial charge in [0.25, 0.3) is 11.8 Å². The van der Waals surface area contributed by atoms with Crippen molar-refractivity contribution >= 4 is 11.8 Å². The smallest absolute Gasteiger partial charge is 0.257 e. The Morgan fingerprint density at radius 2 is 1.47 bits per heavy atom. The van der Waals surface area contributed by atoms with Crippen molar-refractivity contribution in [3.63, 3.8) is 0 Å². The lowest BCUT2D eigenvalue weighted by molar-refractivity contribution is 0.0533. The molecule has 3 aromatic rings. The number of carbonyl (C=O) groups is 2. The van der Waals surface area contributed by atoms with E-state index in [1.807, 2.05) is 30.3 Å². The molecule has 0 spiro atoms. The van der Waals surface area contributed by atoms with Crippen molar-refractivity contribution in [2.24, 2.45) is 0 Å². The quantitative estimate of drug-likeness (QED) is 0.566. The zero-order chi connectivity index (χ0) is 23.9. The van der Waals surface area contributed by atoms with Gasteiger partial charge in [-0.1, -0.05) is 24.1 Å². The maximum absolute atomic E-state index is 13.2. The molecule has 7 heteroatoms. The molecule has 0 bridgehead atoms. The number of amides is 2. The van der Waals surface area contributed by atoms with Crippen LogP contribution in [-0.2, 0) is 0 Å². The number of benzene rings is 2. The van der Waals surface area contributed by atoms with Gasteiger partial charge >= 0.3 is 0 Å². The van der Waals surface area contributed by atoms with Crippen LogP contribution >= 0.6 is 0 Å². The highest BCUT2D eigenvalue weighted by Crippen LogP contribution is 2.22. The topological polar surface area (TPSA) is 72.0 Å². The summed E-state index contributed by atoms with van der Waals surface area (Å²) in [5.74, 6) is 7.00. The average Bonchev–Trinajstić information content (AvgIpc) is 2.91. The summed E-state index contributed by atoms with van der Waals surface area (Å²) in [6.45, 7) is 1.79. The van der Waals surface area contributed by atoms with Crippen LogP contribution in [0.15, 0.2) is 66.9 Å². The minimum atomic E-state index is -0.104. The number of piperazine rings is 1.